The van der Waals surface area contributed by atoms with E-state index < -0.39 is 0 Å². The minimum atomic E-state index is 0.255. The van der Waals surface area contributed by atoms with Crippen LogP contribution in [0.25, 0.3) is 0 Å². The molecular weight excluding hydrogens is 274 g/mol. The minimum Gasteiger partial charge on any atom is -0.356 e. The Kier molecular flexibility index (Phi) is 10.5. The summed E-state index contributed by atoms with van der Waals surface area (Å²) in [5.74, 6) is 0.543. The summed E-state index contributed by atoms with van der Waals surface area (Å²) in [5.41, 5.74) is 0. The molecule has 0 unspecified atom stereocenters. The number of carbonyl (C=O) groups is 1. The molecule has 0 radical (unpaired) electrons. The van der Waals surface area contributed by atoms with E-state index in [9.17, 15) is 4.79 Å². The summed E-state index contributed by atoms with van der Waals surface area (Å²) in [6.45, 7) is 11.8. The van der Waals surface area contributed by atoms with Crippen molar-refractivity contribution >= 4 is 5.91 Å². The summed E-state index contributed by atoms with van der Waals surface area (Å²) in [5, 5.41) is 6.58. The second kappa shape index (κ2) is 11.9. The number of carbonyl (C=O) groups excluding carboxylic acids is 1. The van der Waals surface area contributed by atoms with Gasteiger partial charge in [-0.2, -0.15) is 0 Å². The van der Waals surface area contributed by atoms with Gasteiger partial charge >= 0.3 is 0 Å². The molecule has 1 saturated heterocycles. The van der Waals surface area contributed by atoms with E-state index in [4.69, 9.17) is 0 Å². The molecule has 1 heterocycles. The SMILES string of the molecule is CCN1CCC(C(=O)NCCCCCCCNC(C)C)CC1. The highest BCUT2D eigenvalue weighted by Gasteiger charge is 2.23. The van der Waals surface area contributed by atoms with E-state index in [0.717, 1.165) is 52.0 Å². The summed E-state index contributed by atoms with van der Waals surface area (Å²) in [6.07, 6.45) is 8.26. The molecule has 4 nitrogen and oxygen atoms in total. The normalized spacial score (nSPS) is 17.1. The van der Waals surface area contributed by atoms with E-state index in [1.54, 1.807) is 0 Å². The molecular formula is C18H37N3O. The van der Waals surface area contributed by atoms with Crippen molar-refractivity contribution in [1.82, 2.24) is 15.5 Å². The second-order valence-corrected chi connectivity index (χ2v) is 6.88. The van der Waals surface area contributed by atoms with Crippen molar-refractivity contribution in [2.24, 2.45) is 5.92 Å². The number of rotatable bonds is 11. The molecule has 0 bridgehead atoms. The first-order valence-corrected chi connectivity index (χ1v) is 9.37. The van der Waals surface area contributed by atoms with Crippen molar-refractivity contribution in [3.05, 3.63) is 0 Å². The van der Waals surface area contributed by atoms with Gasteiger partial charge in [-0.15, -0.1) is 0 Å². The van der Waals surface area contributed by atoms with Crippen LogP contribution in [-0.2, 0) is 4.79 Å². The fraction of sp³-hybridized carbons (Fsp3) is 0.944. The van der Waals surface area contributed by atoms with E-state index in [1.807, 2.05) is 0 Å². The third kappa shape index (κ3) is 8.74. The van der Waals surface area contributed by atoms with Crippen molar-refractivity contribution in [2.75, 3.05) is 32.7 Å². The summed E-state index contributed by atoms with van der Waals surface area (Å²) in [4.78, 5) is 14.5. The Bertz CT molecular complexity index is 286. The molecule has 4 heteroatoms. The molecule has 0 aromatic rings. The molecule has 0 spiro atoms. The molecule has 1 fully saturated rings. The van der Waals surface area contributed by atoms with Crippen LogP contribution in [0.1, 0.15) is 65.7 Å². The van der Waals surface area contributed by atoms with Gasteiger partial charge in [0.25, 0.3) is 0 Å². The molecule has 1 aliphatic heterocycles. The minimum absolute atomic E-state index is 0.255. The van der Waals surface area contributed by atoms with E-state index in [-0.39, 0.29) is 11.8 Å². The molecule has 130 valence electrons. The molecule has 1 aliphatic rings. The highest BCUT2D eigenvalue weighted by molar-refractivity contribution is 5.78. The van der Waals surface area contributed by atoms with Crippen LogP contribution >= 0.6 is 0 Å². The highest BCUT2D eigenvalue weighted by Crippen LogP contribution is 2.16. The van der Waals surface area contributed by atoms with Crippen molar-refractivity contribution in [2.45, 2.75) is 71.8 Å². The summed E-state index contributed by atoms with van der Waals surface area (Å²) >= 11 is 0. The molecule has 0 aliphatic carbocycles. The monoisotopic (exact) mass is 311 g/mol. The summed E-state index contributed by atoms with van der Waals surface area (Å²) in [6, 6.07) is 0.597. The zero-order valence-corrected chi connectivity index (χ0v) is 15.0. The Labute approximate surface area is 137 Å². The van der Waals surface area contributed by atoms with Crippen molar-refractivity contribution < 1.29 is 4.79 Å². The Morgan fingerprint density at radius 1 is 1.05 bits per heavy atom. The lowest BCUT2D eigenvalue weighted by molar-refractivity contribution is -0.126. The fourth-order valence-corrected chi connectivity index (χ4v) is 3.04. The second-order valence-electron chi connectivity index (χ2n) is 6.88. The molecule has 0 aromatic carbocycles. The number of hydrogen-bond donors (Lipinski definition) is 2. The zero-order chi connectivity index (χ0) is 16.2. The van der Waals surface area contributed by atoms with Crippen LogP contribution in [0.5, 0.6) is 0 Å². The zero-order valence-electron chi connectivity index (χ0n) is 15.0. The van der Waals surface area contributed by atoms with E-state index >= 15 is 0 Å². The number of likely N-dealkylation sites (tertiary alicyclic amines) is 1. The Hall–Kier alpha value is -0.610. The third-order valence-electron chi connectivity index (χ3n) is 4.61. The van der Waals surface area contributed by atoms with Gasteiger partial charge in [0, 0.05) is 18.5 Å². The lowest BCUT2D eigenvalue weighted by Gasteiger charge is -2.30. The Morgan fingerprint density at radius 2 is 1.64 bits per heavy atom. The lowest BCUT2D eigenvalue weighted by atomic mass is 9.96. The van der Waals surface area contributed by atoms with Gasteiger partial charge in [-0.1, -0.05) is 40.0 Å². The number of piperidine rings is 1. The fourth-order valence-electron chi connectivity index (χ4n) is 3.04. The maximum absolute atomic E-state index is 12.1. The Balaban J connectivity index is 1.91. The van der Waals surface area contributed by atoms with Crippen molar-refractivity contribution in [3.8, 4) is 0 Å². The van der Waals surface area contributed by atoms with Gasteiger partial charge in [0.05, 0.1) is 0 Å². The van der Waals surface area contributed by atoms with Crippen LogP contribution in [0, 0.1) is 5.92 Å². The van der Waals surface area contributed by atoms with Gasteiger partial charge in [0.15, 0.2) is 0 Å². The van der Waals surface area contributed by atoms with Crippen LogP contribution in [0.4, 0.5) is 0 Å². The van der Waals surface area contributed by atoms with Crippen LogP contribution in [0.2, 0.25) is 0 Å². The third-order valence-corrected chi connectivity index (χ3v) is 4.61. The number of nitrogens with one attached hydrogen (secondary N) is 2. The molecule has 0 saturated carbocycles. The van der Waals surface area contributed by atoms with Gasteiger partial charge in [0.1, 0.15) is 0 Å². The molecule has 2 N–H and O–H groups in total. The topological polar surface area (TPSA) is 44.4 Å². The summed E-state index contributed by atoms with van der Waals surface area (Å²) < 4.78 is 0. The largest absolute Gasteiger partial charge is 0.356 e. The molecule has 1 rings (SSSR count). The summed E-state index contributed by atoms with van der Waals surface area (Å²) in [7, 11) is 0. The number of hydrogen-bond acceptors (Lipinski definition) is 3. The first-order chi connectivity index (χ1) is 10.6. The smallest absolute Gasteiger partial charge is 0.223 e. The van der Waals surface area contributed by atoms with E-state index in [0.29, 0.717) is 6.04 Å². The first-order valence-electron chi connectivity index (χ1n) is 9.37. The quantitative estimate of drug-likeness (QED) is 0.577. The van der Waals surface area contributed by atoms with Crippen LogP contribution < -0.4 is 10.6 Å². The predicted octanol–water partition coefficient (Wildman–Crippen LogP) is 2.78. The molecule has 0 aromatic heterocycles. The van der Waals surface area contributed by atoms with Gasteiger partial charge in [-0.05, 0) is 51.9 Å². The van der Waals surface area contributed by atoms with Crippen molar-refractivity contribution in [1.29, 1.82) is 0 Å². The maximum Gasteiger partial charge on any atom is 0.223 e. The molecule has 22 heavy (non-hydrogen) atoms. The van der Waals surface area contributed by atoms with Crippen LogP contribution in [-0.4, -0.2) is 49.6 Å². The van der Waals surface area contributed by atoms with Crippen molar-refractivity contribution in [3.63, 3.8) is 0 Å². The lowest BCUT2D eigenvalue weighted by Crippen LogP contribution is -2.40. The van der Waals surface area contributed by atoms with Gasteiger partial charge in [-0.3, -0.25) is 4.79 Å². The highest BCUT2D eigenvalue weighted by atomic mass is 16.1. The average molecular weight is 312 g/mol. The van der Waals surface area contributed by atoms with E-state index in [2.05, 4.69) is 36.3 Å². The van der Waals surface area contributed by atoms with Crippen LogP contribution in [0.15, 0.2) is 0 Å². The van der Waals surface area contributed by atoms with Gasteiger partial charge in [0.2, 0.25) is 5.91 Å². The standard InChI is InChI=1S/C18H37N3O/c1-4-21-14-10-17(11-15-21)18(22)20-13-9-7-5-6-8-12-19-16(2)3/h16-17,19H,4-15H2,1-3H3,(H,20,22). The number of unbranched alkanes of at least 4 members (excludes halogenated alkanes) is 4. The molecule has 0 atom stereocenters. The Morgan fingerprint density at radius 3 is 2.23 bits per heavy atom. The first kappa shape index (κ1) is 19.4. The van der Waals surface area contributed by atoms with Gasteiger partial charge in [-0.25, -0.2) is 0 Å². The number of amides is 1. The maximum atomic E-state index is 12.1. The van der Waals surface area contributed by atoms with Gasteiger partial charge < -0.3 is 15.5 Å². The average Bonchev–Trinajstić information content (AvgIpc) is 2.53. The molecule has 1 amide bonds. The van der Waals surface area contributed by atoms with Crippen LogP contribution in [0.3, 0.4) is 0 Å². The predicted molar refractivity (Wildman–Crippen MR) is 94.1 cm³/mol. The number of nitrogens with zero attached hydrogens (tertiary/aromatic N) is 1. The van der Waals surface area contributed by atoms with E-state index in [1.165, 1.54) is 25.7 Å².